The Morgan fingerprint density at radius 1 is 0.833 bits per heavy atom. The van der Waals surface area contributed by atoms with Gasteiger partial charge in [0.05, 0.1) is 19.5 Å². The van der Waals surface area contributed by atoms with E-state index in [4.69, 9.17) is 6.42 Å². The lowest BCUT2D eigenvalue weighted by Gasteiger charge is -2.05. The Bertz CT molecular complexity index is 1120. The minimum absolute atomic E-state index is 0.898. The fourth-order valence-corrected chi connectivity index (χ4v) is 3.90. The molecule has 30 heavy (non-hydrogen) atoms. The van der Waals surface area contributed by atoms with Gasteiger partial charge in [-0.1, -0.05) is 68.1 Å². The van der Waals surface area contributed by atoms with E-state index < -0.39 is 5.60 Å². The Morgan fingerprint density at radius 2 is 1.27 bits per heavy atom. The average molecular weight is 431 g/mol. The number of terminal acetylenes is 1. The molecule has 2 heterocycles. The van der Waals surface area contributed by atoms with Gasteiger partial charge in [-0.25, -0.2) is 0 Å². The summed E-state index contributed by atoms with van der Waals surface area (Å²) in [6.07, 6.45) is 9.32. The van der Waals surface area contributed by atoms with Crippen LogP contribution in [-0.4, -0.2) is 10.7 Å². The summed E-state index contributed by atoms with van der Waals surface area (Å²) >= 11 is 3.08. The molecule has 0 fully saturated rings. The normalized spacial score (nSPS) is 11.1. The van der Waals surface area contributed by atoms with Crippen LogP contribution in [0.4, 0.5) is 0 Å². The van der Waals surface area contributed by atoms with Crippen LogP contribution in [0.25, 0.3) is 0 Å². The van der Waals surface area contributed by atoms with Crippen molar-refractivity contribution in [3.8, 4) is 47.9 Å². The second-order valence-corrected chi connectivity index (χ2v) is 9.41. The number of rotatable bonds is 4. The van der Waals surface area contributed by atoms with Crippen LogP contribution in [0.5, 0.6) is 0 Å². The topological polar surface area (TPSA) is 20.2 Å². The maximum atomic E-state index is 9.76. The largest absolute Gasteiger partial charge is 0.378 e. The fraction of sp³-hybridized carbons (Fsp3) is 0.333. The minimum Gasteiger partial charge on any atom is -0.378 e. The van der Waals surface area contributed by atoms with Crippen LogP contribution in [-0.2, 0) is 0 Å². The van der Waals surface area contributed by atoms with Crippen molar-refractivity contribution < 1.29 is 5.11 Å². The van der Waals surface area contributed by atoms with Crippen molar-refractivity contribution in [2.75, 3.05) is 0 Å². The third-order valence-electron chi connectivity index (χ3n) is 3.88. The molecule has 0 atom stereocenters. The van der Waals surface area contributed by atoms with Gasteiger partial charge in [-0.15, -0.1) is 29.1 Å². The van der Waals surface area contributed by atoms with Gasteiger partial charge in [0.2, 0.25) is 0 Å². The van der Waals surface area contributed by atoms with E-state index in [9.17, 15) is 5.11 Å². The molecule has 0 spiro atoms. The highest BCUT2D eigenvalue weighted by Crippen LogP contribution is 2.19. The van der Waals surface area contributed by atoms with Gasteiger partial charge in [-0.05, 0) is 51.0 Å². The van der Waals surface area contributed by atoms with E-state index in [1.807, 2.05) is 24.3 Å². The van der Waals surface area contributed by atoms with Gasteiger partial charge >= 0.3 is 0 Å². The maximum Gasteiger partial charge on any atom is 0.120 e. The van der Waals surface area contributed by atoms with Crippen LogP contribution in [0.3, 0.4) is 0 Å². The molecule has 3 heteroatoms. The first-order valence-corrected chi connectivity index (χ1v) is 11.7. The molecule has 2 aromatic rings. The molecule has 0 bridgehead atoms. The SMILES string of the molecule is C#Cc1ccc(C#CC(CCC)=C(C#Cc2ccc(C#CC(C)(C)O)s2)CCC)s1. The lowest BCUT2D eigenvalue weighted by atomic mass is 10.0. The Morgan fingerprint density at radius 3 is 1.67 bits per heavy atom. The molecule has 0 saturated heterocycles. The molecule has 0 aliphatic heterocycles. The zero-order valence-electron chi connectivity index (χ0n) is 18.0. The molecule has 1 N–H and O–H groups in total. The van der Waals surface area contributed by atoms with Crippen molar-refractivity contribution >= 4 is 22.7 Å². The number of hydrogen-bond donors (Lipinski definition) is 1. The summed E-state index contributed by atoms with van der Waals surface area (Å²) in [4.78, 5) is 3.74. The van der Waals surface area contributed by atoms with E-state index in [1.165, 1.54) is 11.3 Å². The predicted molar refractivity (Wildman–Crippen MR) is 130 cm³/mol. The molecule has 0 aliphatic carbocycles. The zero-order valence-corrected chi connectivity index (χ0v) is 19.6. The average Bonchev–Trinajstić information content (AvgIpc) is 3.35. The first kappa shape index (κ1) is 23.6. The van der Waals surface area contributed by atoms with Crippen molar-refractivity contribution in [1.29, 1.82) is 0 Å². The third-order valence-corrected chi connectivity index (χ3v) is 5.73. The van der Waals surface area contributed by atoms with Gasteiger partial charge in [0, 0.05) is 11.1 Å². The quantitative estimate of drug-likeness (QED) is 0.572. The molecule has 2 rings (SSSR count). The maximum absolute atomic E-state index is 9.76. The number of allylic oxidation sites excluding steroid dienone is 2. The second kappa shape index (κ2) is 11.5. The summed E-state index contributed by atoms with van der Waals surface area (Å²) in [6, 6.07) is 7.83. The molecule has 152 valence electrons. The standard InChI is InChI=1S/C27H26OS2/c1-6-9-21(11-13-24-16-15-23(8-3)29-24)22(10-7-2)12-14-25-17-18-26(30-25)19-20-27(4,5)28/h3,15-18,28H,6-7,9-10H2,1-2,4-5H3. The lowest BCUT2D eigenvalue weighted by Crippen LogP contribution is -2.14. The molecule has 2 aromatic heterocycles. The van der Waals surface area contributed by atoms with Crippen molar-refractivity contribution in [2.45, 2.75) is 59.0 Å². The van der Waals surface area contributed by atoms with Crippen molar-refractivity contribution in [2.24, 2.45) is 0 Å². The first-order chi connectivity index (χ1) is 14.3. The highest BCUT2D eigenvalue weighted by Gasteiger charge is 2.06. The lowest BCUT2D eigenvalue weighted by molar-refractivity contribution is 0.143. The summed E-state index contributed by atoms with van der Waals surface area (Å²) in [7, 11) is 0. The first-order valence-electron chi connectivity index (χ1n) is 10.0. The van der Waals surface area contributed by atoms with Gasteiger partial charge in [-0.3, -0.25) is 0 Å². The number of hydrogen-bond acceptors (Lipinski definition) is 3. The van der Waals surface area contributed by atoms with E-state index in [0.29, 0.717) is 0 Å². The van der Waals surface area contributed by atoms with Crippen molar-refractivity contribution in [1.82, 2.24) is 0 Å². The molecule has 0 saturated carbocycles. The summed E-state index contributed by atoms with van der Waals surface area (Å²) in [5, 5.41) is 9.76. The van der Waals surface area contributed by atoms with Crippen LogP contribution in [0.15, 0.2) is 35.4 Å². The summed E-state index contributed by atoms with van der Waals surface area (Å²) < 4.78 is 0. The van der Waals surface area contributed by atoms with Gasteiger partial charge in [0.25, 0.3) is 0 Å². The number of aliphatic hydroxyl groups is 1. The molecule has 0 radical (unpaired) electrons. The Hall–Kier alpha value is -2.66. The molecular weight excluding hydrogens is 404 g/mol. The monoisotopic (exact) mass is 430 g/mol. The molecule has 0 aliphatic rings. The van der Waals surface area contributed by atoms with Crippen LogP contribution >= 0.6 is 22.7 Å². The molecule has 1 nitrogen and oxygen atoms in total. The van der Waals surface area contributed by atoms with Crippen molar-refractivity contribution in [3.05, 3.63) is 54.9 Å². The predicted octanol–water partition coefficient (Wildman–Crippen LogP) is 6.21. The summed E-state index contributed by atoms with van der Waals surface area (Å²) in [5.41, 5.74) is 1.23. The van der Waals surface area contributed by atoms with Gasteiger partial charge in [0.1, 0.15) is 5.60 Å². The second-order valence-electron chi connectivity index (χ2n) is 7.24. The van der Waals surface area contributed by atoms with Gasteiger partial charge in [-0.2, -0.15) is 0 Å². The minimum atomic E-state index is -0.996. The smallest absolute Gasteiger partial charge is 0.120 e. The molecule has 0 aromatic carbocycles. The van der Waals surface area contributed by atoms with Crippen LogP contribution in [0, 0.1) is 47.9 Å². The van der Waals surface area contributed by atoms with Crippen LogP contribution < -0.4 is 0 Å². The van der Waals surface area contributed by atoms with E-state index >= 15 is 0 Å². The van der Waals surface area contributed by atoms with E-state index in [2.05, 4.69) is 55.3 Å². The van der Waals surface area contributed by atoms with Crippen molar-refractivity contribution in [3.63, 3.8) is 0 Å². The molecule has 0 amide bonds. The molecular formula is C27H26OS2. The van der Waals surface area contributed by atoms with E-state index in [1.54, 1.807) is 25.2 Å². The van der Waals surface area contributed by atoms with Crippen LogP contribution in [0.1, 0.15) is 72.9 Å². The van der Waals surface area contributed by atoms with E-state index in [0.717, 1.165) is 56.3 Å². The molecule has 0 unspecified atom stereocenters. The highest BCUT2D eigenvalue weighted by atomic mass is 32.1. The fourth-order valence-electron chi connectivity index (χ4n) is 2.52. The summed E-state index contributed by atoms with van der Waals surface area (Å²) in [5.74, 6) is 21.8. The third kappa shape index (κ3) is 7.99. The number of thiophene rings is 2. The van der Waals surface area contributed by atoms with E-state index in [-0.39, 0.29) is 0 Å². The van der Waals surface area contributed by atoms with Gasteiger partial charge < -0.3 is 5.11 Å². The Kier molecular flexibility index (Phi) is 9.06. The Balaban J connectivity index is 2.34. The van der Waals surface area contributed by atoms with Gasteiger partial charge in [0.15, 0.2) is 0 Å². The summed E-state index contributed by atoms with van der Waals surface area (Å²) in [6.45, 7) is 7.67. The zero-order chi connectivity index (χ0) is 22.0. The highest BCUT2D eigenvalue weighted by molar-refractivity contribution is 7.13. The Labute approximate surface area is 189 Å². The van der Waals surface area contributed by atoms with Crippen LogP contribution in [0.2, 0.25) is 0 Å².